The molecule has 51 heavy (non-hydrogen) atoms. The van der Waals surface area contributed by atoms with Crippen molar-refractivity contribution >= 4 is 35.3 Å². The number of nitrogens with zero attached hydrogens (tertiary/aromatic N) is 3. The molecule has 3 N–H and O–H groups in total. The van der Waals surface area contributed by atoms with E-state index in [1.54, 1.807) is 39.0 Å². The molecule has 0 aliphatic carbocycles. The third-order valence-electron chi connectivity index (χ3n) is 7.49. The Kier molecular flexibility index (Phi) is 11.9. The fourth-order valence-corrected chi connectivity index (χ4v) is 5.01. The van der Waals surface area contributed by atoms with Gasteiger partial charge in [-0.3, -0.25) is 16.0 Å². The maximum atomic E-state index is 14.4. The van der Waals surface area contributed by atoms with Gasteiger partial charge in [0.2, 0.25) is 0 Å². The highest BCUT2D eigenvalue weighted by atomic mass is 16.6. The standard InChI is InChI=1S/C36H36N6O9/c1-7-19-49-31(43)37-25-13-10-16-28(22(25)4)40-34(46)41(29-17-11-14-26(23(29)5)38-32(44)50-20-8-2)36(48)42(35(40)47)30-18-12-15-27(24(30)6)39-33(45)51-21-9-3/h7-18H,1-3,19-21H2,4-6H3,(H,37,43)(H,38,44)(H,39,45). The van der Waals surface area contributed by atoms with Gasteiger partial charge in [0.25, 0.3) is 0 Å². The second-order valence-corrected chi connectivity index (χ2v) is 10.7. The number of carbonyl (C=O) groups is 3. The second-order valence-electron chi connectivity index (χ2n) is 10.7. The molecule has 0 bridgehead atoms. The maximum Gasteiger partial charge on any atom is 0.411 e. The summed E-state index contributed by atoms with van der Waals surface area (Å²) < 4.78 is 17.4. The van der Waals surface area contributed by atoms with E-state index in [1.165, 1.54) is 54.6 Å². The summed E-state index contributed by atoms with van der Waals surface area (Å²) in [5.74, 6) is 0. The lowest BCUT2D eigenvalue weighted by atomic mass is 10.1. The van der Waals surface area contributed by atoms with E-state index in [4.69, 9.17) is 14.2 Å². The van der Waals surface area contributed by atoms with Crippen molar-refractivity contribution in [3.8, 4) is 17.1 Å². The normalized spacial score (nSPS) is 10.4. The number of hydrogen-bond donors (Lipinski definition) is 3. The van der Waals surface area contributed by atoms with Crippen LogP contribution in [0, 0.1) is 20.8 Å². The van der Waals surface area contributed by atoms with Crippen LogP contribution in [0.1, 0.15) is 16.7 Å². The van der Waals surface area contributed by atoms with Gasteiger partial charge in [-0.05, 0) is 73.9 Å². The molecule has 15 heteroatoms. The highest BCUT2D eigenvalue weighted by Crippen LogP contribution is 2.25. The van der Waals surface area contributed by atoms with E-state index in [9.17, 15) is 28.8 Å². The Morgan fingerprint density at radius 3 is 1.02 bits per heavy atom. The van der Waals surface area contributed by atoms with Crippen molar-refractivity contribution in [3.63, 3.8) is 0 Å². The fraction of sp³-hybridized carbons (Fsp3) is 0.167. The summed E-state index contributed by atoms with van der Waals surface area (Å²) in [6.07, 6.45) is 1.76. The van der Waals surface area contributed by atoms with E-state index in [0.717, 1.165) is 13.7 Å². The van der Waals surface area contributed by atoms with Crippen LogP contribution in [-0.4, -0.2) is 51.8 Å². The van der Waals surface area contributed by atoms with Gasteiger partial charge in [0.1, 0.15) is 19.8 Å². The van der Waals surface area contributed by atoms with Crippen LogP contribution in [0.5, 0.6) is 0 Å². The molecule has 0 unspecified atom stereocenters. The van der Waals surface area contributed by atoms with Gasteiger partial charge in [-0.2, -0.15) is 0 Å². The predicted molar refractivity (Wildman–Crippen MR) is 193 cm³/mol. The van der Waals surface area contributed by atoms with Crippen LogP contribution in [-0.2, 0) is 14.2 Å². The highest BCUT2D eigenvalue weighted by Gasteiger charge is 2.24. The number of amides is 3. The van der Waals surface area contributed by atoms with Gasteiger partial charge in [0.05, 0.1) is 17.1 Å². The molecule has 4 aromatic rings. The van der Waals surface area contributed by atoms with E-state index in [1.807, 2.05) is 0 Å². The van der Waals surface area contributed by atoms with Crippen LogP contribution in [0.4, 0.5) is 31.4 Å². The summed E-state index contributed by atoms with van der Waals surface area (Å²) in [7, 11) is 0. The van der Waals surface area contributed by atoms with Gasteiger partial charge in [-0.1, -0.05) is 56.2 Å². The van der Waals surface area contributed by atoms with Crippen LogP contribution in [0.3, 0.4) is 0 Å². The molecule has 0 radical (unpaired) electrons. The Labute approximate surface area is 291 Å². The molecule has 0 atom stereocenters. The molecule has 1 aromatic heterocycles. The number of benzene rings is 3. The molecule has 264 valence electrons. The molecule has 0 spiro atoms. The summed E-state index contributed by atoms with van der Waals surface area (Å²) in [6.45, 7) is 15.1. The summed E-state index contributed by atoms with van der Waals surface area (Å²) in [5.41, 5.74) is -1.51. The zero-order valence-corrected chi connectivity index (χ0v) is 28.2. The Morgan fingerprint density at radius 2 is 0.784 bits per heavy atom. The molecule has 1 heterocycles. The molecule has 0 aliphatic heterocycles. The smallest absolute Gasteiger partial charge is 0.411 e. The van der Waals surface area contributed by atoms with Gasteiger partial charge in [0.15, 0.2) is 0 Å². The summed E-state index contributed by atoms with van der Waals surface area (Å²) >= 11 is 0. The van der Waals surface area contributed by atoms with E-state index >= 15 is 0 Å². The van der Waals surface area contributed by atoms with Crippen molar-refractivity contribution in [2.75, 3.05) is 35.8 Å². The number of rotatable bonds is 12. The van der Waals surface area contributed by atoms with Crippen molar-refractivity contribution in [2.24, 2.45) is 0 Å². The average Bonchev–Trinajstić information content (AvgIpc) is 3.10. The maximum absolute atomic E-state index is 14.4. The van der Waals surface area contributed by atoms with Gasteiger partial charge in [-0.15, -0.1) is 0 Å². The molecule has 3 amide bonds. The summed E-state index contributed by atoms with van der Waals surface area (Å²) in [6, 6.07) is 13.6. The Bertz CT molecular complexity index is 1940. The molecular formula is C36H36N6O9. The third kappa shape index (κ3) is 8.05. The minimum absolute atomic E-state index is 0.0360. The average molecular weight is 697 g/mol. The van der Waals surface area contributed by atoms with Crippen LogP contribution in [0.15, 0.2) is 107 Å². The van der Waals surface area contributed by atoms with Gasteiger partial charge < -0.3 is 14.2 Å². The zero-order valence-electron chi connectivity index (χ0n) is 28.2. The van der Waals surface area contributed by atoms with Crippen molar-refractivity contribution in [1.29, 1.82) is 0 Å². The highest BCUT2D eigenvalue weighted by molar-refractivity contribution is 5.88. The fourth-order valence-electron chi connectivity index (χ4n) is 5.01. The minimum Gasteiger partial charge on any atom is -0.445 e. The summed E-state index contributed by atoms with van der Waals surface area (Å²) in [5, 5.41) is 7.74. The number of hydrogen-bond acceptors (Lipinski definition) is 9. The molecule has 15 nitrogen and oxygen atoms in total. The van der Waals surface area contributed by atoms with E-state index in [2.05, 4.69) is 35.7 Å². The van der Waals surface area contributed by atoms with Crippen LogP contribution < -0.4 is 33.0 Å². The van der Waals surface area contributed by atoms with Crippen molar-refractivity contribution in [1.82, 2.24) is 13.7 Å². The Morgan fingerprint density at radius 1 is 0.529 bits per heavy atom. The largest absolute Gasteiger partial charge is 0.445 e. The Balaban J connectivity index is 2.04. The van der Waals surface area contributed by atoms with E-state index in [-0.39, 0.29) is 53.9 Å². The van der Waals surface area contributed by atoms with E-state index in [0.29, 0.717) is 16.7 Å². The van der Waals surface area contributed by atoms with E-state index < -0.39 is 35.3 Å². The SMILES string of the molecule is C=CCOC(=O)Nc1cccc(-n2c(=O)n(-c3cccc(NC(=O)OCC=C)c3C)c(=O)n(-c3cccc(NC(=O)OCC=C)c3C)c2=O)c1C. The van der Waals surface area contributed by atoms with Gasteiger partial charge in [0, 0.05) is 17.1 Å². The van der Waals surface area contributed by atoms with Crippen molar-refractivity contribution < 1.29 is 28.6 Å². The van der Waals surface area contributed by atoms with Crippen LogP contribution in [0.25, 0.3) is 17.1 Å². The van der Waals surface area contributed by atoms with Crippen molar-refractivity contribution in [3.05, 3.63) is 141 Å². The molecule has 0 saturated carbocycles. The van der Waals surface area contributed by atoms with Crippen molar-refractivity contribution in [2.45, 2.75) is 20.8 Å². The molecule has 0 aliphatic rings. The second kappa shape index (κ2) is 16.5. The third-order valence-corrected chi connectivity index (χ3v) is 7.49. The quantitative estimate of drug-likeness (QED) is 0.131. The Hall–Kier alpha value is -6.90. The zero-order chi connectivity index (χ0) is 37.2. The first-order chi connectivity index (χ1) is 24.4. The number of carbonyl (C=O) groups excluding carboxylic acids is 3. The molecular weight excluding hydrogens is 660 g/mol. The topological polar surface area (TPSA) is 181 Å². The lowest BCUT2D eigenvalue weighted by Crippen LogP contribution is -2.53. The molecule has 0 fully saturated rings. The molecule has 0 saturated heterocycles. The minimum atomic E-state index is -1.05. The monoisotopic (exact) mass is 696 g/mol. The number of aromatic nitrogens is 3. The lowest BCUT2D eigenvalue weighted by molar-refractivity contribution is 0.173. The van der Waals surface area contributed by atoms with Crippen LogP contribution >= 0.6 is 0 Å². The molecule has 4 rings (SSSR count). The first kappa shape index (κ1) is 36.9. The lowest BCUT2D eigenvalue weighted by Gasteiger charge is -2.20. The first-order valence-electron chi connectivity index (χ1n) is 15.4. The van der Waals surface area contributed by atoms with Gasteiger partial charge in [-0.25, -0.2) is 42.5 Å². The van der Waals surface area contributed by atoms with Gasteiger partial charge >= 0.3 is 35.3 Å². The predicted octanol–water partition coefficient (Wildman–Crippen LogP) is 5.27. The van der Waals surface area contributed by atoms with Crippen LogP contribution in [0.2, 0.25) is 0 Å². The summed E-state index contributed by atoms with van der Waals surface area (Å²) in [4.78, 5) is 80.5. The number of nitrogens with one attached hydrogen (secondary N) is 3. The first-order valence-corrected chi connectivity index (χ1v) is 15.4. The number of ether oxygens (including phenoxy) is 3. The molecule has 3 aromatic carbocycles. The number of anilines is 3.